The number of anilines is 3. The van der Waals surface area contributed by atoms with E-state index in [1.165, 1.54) is 0 Å². The van der Waals surface area contributed by atoms with Crippen molar-refractivity contribution < 1.29 is 4.42 Å². The fraction of sp³-hybridized carbons (Fsp3) is 0.421. The molecule has 27 heavy (non-hydrogen) atoms. The molecule has 1 aliphatic heterocycles. The molecular weight excluding hydrogens is 364 g/mol. The first-order valence-electron chi connectivity index (χ1n) is 9.04. The Hall–Kier alpha value is -2.54. The van der Waals surface area contributed by atoms with Crippen LogP contribution in [0.5, 0.6) is 0 Å². The van der Waals surface area contributed by atoms with Crippen LogP contribution < -0.4 is 14.7 Å². The monoisotopic (exact) mass is 386 g/mol. The van der Waals surface area contributed by atoms with Gasteiger partial charge in [-0.25, -0.2) is 9.97 Å². The van der Waals surface area contributed by atoms with Crippen LogP contribution in [0.1, 0.15) is 12.8 Å². The van der Waals surface area contributed by atoms with Gasteiger partial charge in [0.25, 0.3) is 6.01 Å². The highest BCUT2D eigenvalue weighted by Crippen LogP contribution is 2.28. The molecule has 1 aromatic carbocycles. The van der Waals surface area contributed by atoms with Crippen molar-refractivity contribution in [3.8, 4) is 0 Å². The van der Waals surface area contributed by atoms with Crippen molar-refractivity contribution in [1.82, 2.24) is 15.0 Å². The lowest BCUT2D eigenvalue weighted by atomic mass is 10.0. The van der Waals surface area contributed by atoms with Crippen LogP contribution in [-0.2, 0) is 0 Å². The van der Waals surface area contributed by atoms with Gasteiger partial charge in [0, 0.05) is 57.4 Å². The number of benzene rings is 1. The largest absolute Gasteiger partial charge is 0.423 e. The molecule has 3 aromatic rings. The van der Waals surface area contributed by atoms with Crippen LogP contribution in [0.15, 0.2) is 35.0 Å². The van der Waals surface area contributed by atoms with Gasteiger partial charge in [-0.3, -0.25) is 0 Å². The molecule has 0 N–H and O–H groups in total. The molecule has 0 bridgehead atoms. The van der Waals surface area contributed by atoms with Gasteiger partial charge >= 0.3 is 0 Å². The predicted octanol–water partition coefficient (Wildman–Crippen LogP) is 3.44. The van der Waals surface area contributed by atoms with E-state index in [0.717, 1.165) is 48.7 Å². The zero-order valence-electron chi connectivity index (χ0n) is 15.8. The topological polar surface area (TPSA) is 61.5 Å². The molecule has 2 aromatic heterocycles. The van der Waals surface area contributed by atoms with E-state index < -0.39 is 0 Å². The molecule has 3 heterocycles. The number of likely N-dealkylation sites (N-methyl/N-ethyl adjacent to an activating group) is 1. The second kappa shape index (κ2) is 7.23. The fourth-order valence-electron chi connectivity index (χ4n) is 3.43. The summed E-state index contributed by atoms with van der Waals surface area (Å²) < 4.78 is 5.95. The molecule has 4 rings (SSSR count). The first-order chi connectivity index (χ1) is 13.0. The quantitative estimate of drug-likeness (QED) is 0.680. The lowest BCUT2D eigenvalue weighted by Crippen LogP contribution is -2.47. The maximum atomic E-state index is 6.06. The van der Waals surface area contributed by atoms with Crippen LogP contribution in [-0.4, -0.2) is 55.2 Å². The van der Waals surface area contributed by atoms with E-state index in [-0.39, 0.29) is 0 Å². The van der Waals surface area contributed by atoms with Crippen molar-refractivity contribution in [3.63, 3.8) is 0 Å². The lowest BCUT2D eigenvalue weighted by Gasteiger charge is -2.37. The van der Waals surface area contributed by atoms with Crippen LogP contribution in [0.4, 0.5) is 17.7 Å². The molecule has 0 saturated carbocycles. The first kappa shape index (κ1) is 17.9. The molecular formula is C19H23ClN6O. The molecule has 0 aliphatic carbocycles. The molecule has 1 fully saturated rings. The summed E-state index contributed by atoms with van der Waals surface area (Å²) in [5.41, 5.74) is 1.55. The SMILES string of the molecule is CN(C)c1cc(N(C)C2CCCN(c3nc4ccc(Cl)cc4o3)C2)ncn1. The maximum absolute atomic E-state index is 6.06. The molecule has 8 heteroatoms. The molecule has 0 amide bonds. The van der Waals surface area contributed by atoms with Crippen LogP contribution in [0.2, 0.25) is 5.02 Å². The average Bonchev–Trinajstić information content (AvgIpc) is 3.11. The Morgan fingerprint density at radius 2 is 1.96 bits per heavy atom. The van der Waals surface area contributed by atoms with Gasteiger partial charge in [-0.1, -0.05) is 11.6 Å². The number of hydrogen-bond acceptors (Lipinski definition) is 7. The average molecular weight is 387 g/mol. The second-order valence-corrected chi connectivity index (χ2v) is 7.53. The van der Waals surface area contributed by atoms with Crippen LogP contribution in [0.25, 0.3) is 11.1 Å². The Balaban J connectivity index is 1.54. The zero-order chi connectivity index (χ0) is 19.0. The van der Waals surface area contributed by atoms with Crippen LogP contribution in [0, 0.1) is 0 Å². The fourth-order valence-corrected chi connectivity index (χ4v) is 3.59. The van der Waals surface area contributed by atoms with Crippen LogP contribution in [0.3, 0.4) is 0 Å². The van der Waals surface area contributed by atoms with Crippen molar-refractivity contribution in [3.05, 3.63) is 35.6 Å². The van der Waals surface area contributed by atoms with Crippen molar-refractivity contribution in [2.24, 2.45) is 0 Å². The van der Waals surface area contributed by atoms with E-state index in [0.29, 0.717) is 17.1 Å². The number of hydrogen-bond donors (Lipinski definition) is 0. The number of fused-ring (bicyclic) bond motifs is 1. The minimum Gasteiger partial charge on any atom is -0.423 e. The molecule has 7 nitrogen and oxygen atoms in total. The third-order valence-corrected chi connectivity index (χ3v) is 5.25. The van der Waals surface area contributed by atoms with E-state index in [2.05, 4.69) is 31.8 Å². The summed E-state index contributed by atoms with van der Waals surface area (Å²) in [5.74, 6) is 1.82. The highest BCUT2D eigenvalue weighted by atomic mass is 35.5. The molecule has 1 saturated heterocycles. The van der Waals surface area contributed by atoms with Crippen molar-refractivity contribution >= 4 is 40.4 Å². The number of oxazole rings is 1. The maximum Gasteiger partial charge on any atom is 0.298 e. The van der Waals surface area contributed by atoms with E-state index in [1.54, 1.807) is 6.33 Å². The third-order valence-electron chi connectivity index (χ3n) is 5.01. The standard InChI is InChI=1S/C19H23ClN6O/c1-24(2)17-10-18(22-12-21-17)25(3)14-5-4-8-26(11-14)19-23-15-7-6-13(20)9-16(15)27-19/h6-7,9-10,12,14H,4-5,8,11H2,1-3H3. The molecule has 1 unspecified atom stereocenters. The Kier molecular flexibility index (Phi) is 4.78. The zero-order valence-corrected chi connectivity index (χ0v) is 16.5. The summed E-state index contributed by atoms with van der Waals surface area (Å²) >= 11 is 6.06. The summed E-state index contributed by atoms with van der Waals surface area (Å²) in [7, 11) is 6.05. The summed E-state index contributed by atoms with van der Waals surface area (Å²) in [5, 5.41) is 0.655. The van der Waals surface area contributed by atoms with Crippen molar-refractivity contribution in [1.29, 1.82) is 0 Å². The molecule has 142 valence electrons. The summed E-state index contributed by atoms with van der Waals surface area (Å²) in [6.07, 6.45) is 3.78. The third kappa shape index (κ3) is 3.64. The molecule has 1 aliphatic rings. The number of nitrogens with zero attached hydrogens (tertiary/aromatic N) is 6. The summed E-state index contributed by atoms with van der Waals surface area (Å²) in [4.78, 5) is 19.8. The number of piperidine rings is 1. The van der Waals surface area contributed by atoms with E-state index in [9.17, 15) is 0 Å². The van der Waals surface area contributed by atoms with E-state index in [4.69, 9.17) is 16.0 Å². The Morgan fingerprint density at radius 1 is 1.15 bits per heavy atom. The van der Waals surface area contributed by atoms with Gasteiger partial charge in [-0.15, -0.1) is 0 Å². The highest BCUT2D eigenvalue weighted by molar-refractivity contribution is 6.31. The summed E-state index contributed by atoms with van der Waals surface area (Å²) in [6, 6.07) is 8.53. The summed E-state index contributed by atoms with van der Waals surface area (Å²) in [6.45, 7) is 1.76. The normalized spacial score (nSPS) is 17.3. The minimum atomic E-state index is 0.322. The number of halogens is 1. The van der Waals surface area contributed by atoms with Gasteiger partial charge < -0.3 is 19.1 Å². The van der Waals surface area contributed by atoms with Gasteiger partial charge in [0.1, 0.15) is 23.5 Å². The minimum absolute atomic E-state index is 0.322. The van der Waals surface area contributed by atoms with Gasteiger partial charge in [0.15, 0.2) is 5.58 Å². The Morgan fingerprint density at radius 3 is 2.78 bits per heavy atom. The first-order valence-corrected chi connectivity index (χ1v) is 9.42. The Labute approximate surface area is 163 Å². The van der Waals surface area contributed by atoms with E-state index in [1.807, 2.05) is 43.3 Å². The predicted molar refractivity (Wildman–Crippen MR) is 109 cm³/mol. The van der Waals surface area contributed by atoms with Gasteiger partial charge in [0.2, 0.25) is 0 Å². The number of rotatable bonds is 4. The van der Waals surface area contributed by atoms with Crippen molar-refractivity contribution in [2.45, 2.75) is 18.9 Å². The van der Waals surface area contributed by atoms with Crippen molar-refractivity contribution in [2.75, 3.05) is 48.9 Å². The van der Waals surface area contributed by atoms with Gasteiger partial charge in [-0.2, -0.15) is 4.98 Å². The number of aromatic nitrogens is 3. The molecule has 1 atom stereocenters. The smallest absolute Gasteiger partial charge is 0.298 e. The van der Waals surface area contributed by atoms with Gasteiger partial charge in [-0.05, 0) is 25.0 Å². The Bertz CT molecular complexity index is 943. The second-order valence-electron chi connectivity index (χ2n) is 7.09. The molecule has 0 radical (unpaired) electrons. The van der Waals surface area contributed by atoms with Gasteiger partial charge in [0.05, 0.1) is 0 Å². The van der Waals surface area contributed by atoms with Crippen LogP contribution >= 0.6 is 11.6 Å². The highest BCUT2D eigenvalue weighted by Gasteiger charge is 2.27. The lowest BCUT2D eigenvalue weighted by molar-refractivity contribution is 0.454. The van der Waals surface area contributed by atoms with E-state index >= 15 is 0 Å². The molecule has 0 spiro atoms.